The van der Waals surface area contributed by atoms with Gasteiger partial charge in [-0.3, -0.25) is 10.0 Å². The van der Waals surface area contributed by atoms with E-state index in [4.69, 9.17) is 9.88 Å². The Balaban J connectivity index is 0.00000144. The van der Waals surface area contributed by atoms with E-state index in [0.29, 0.717) is 0 Å². The molecule has 80 valence electrons. The summed E-state index contributed by atoms with van der Waals surface area (Å²) in [4.78, 5) is 2.46. The molecule has 1 fully saturated rings. The van der Waals surface area contributed by atoms with Crippen LogP contribution >= 0.6 is 24.4 Å². The molecule has 1 heterocycles. The van der Waals surface area contributed by atoms with E-state index in [1.165, 1.54) is 31.3 Å². The summed E-state index contributed by atoms with van der Waals surface area (Å²) >= 11 is 1.45. The van der Waals surface area contributed by atoms with Gasteiger partial charge in [0.25, 0.3) is 0 Å². The second-order valence-electron chi connectivity index (χ2n) is 3.03. The van der Waals surface area contributed by atoms with E-state index < -0.39 is 0 Å². The number of unbranched alkanes of at least 4 members (excludes halogenated alkanes) is 1. The second-order valence-corrected chi connectivity index (χ2v) is 3.77. The van der Waals surface area contributed by atoms with Crippen molar-refractivity contribution in [3.05, 3.63) is 0 Å². The van der Waals surface area contributed by atoms with Crippen LogP contribution in [-0.2, 0) is 4.74 Å². The lowest BCUT2D eigenvalue weighted by Gasteiger charge is -2.26. The van der Waals surface area contributed by atoms with Gasteiger partial charge >= 0.3 is 0 Å². The zero-order valence-electron chi connectivity index (χ0n) is 7.91. The van der Waals surface area contributed by atoms with Crippen molar-refractivity contribution in [3.8, 4) is 0 Å². The molecule has 0 saturated carbocycles. The molecule has 2 N–H and O–H groups in total. The van der Waals surface area contributed by atoms with Crippen LogP contribution in [0, 0.1) is 0 Å². The van der Waals surface area contributed by atoms with Gasteiger partial charge in [-0.15, -0.1) is 12.4 Å². The lowest BCUT2D eigenvalue weighted by Crippen LogP contribution is -2.36. The predicted octanol–water partition coefficient (Wildman–Crippen LogP) is 1.13. The SMILES string of the molecule is Cl.NSCCCCN1CCOCC1. The van der Waals surface area contributed by atoms with Crippen LogP contribution < -0.4 is 5.14 Å². The fraction of sp³-hybridized carbons (Fsp3) is 1.00. The van der Waals surface area contributed by atoms with Crippen molar-refractivity contribution in [2.45, 2.75) is 12.8 Å². The fourth-order valence-corrected chi connectivity index (χ4v) is 1.72. The molecule has 0 unspecified atom stereocenters. The largest absolute Gasteiger partial charge is 0.379 e. The Morgan fingerprint density at radius 1 is 1.23 bits per heavy atom. The van der Waals surface area contributed by atoms with E-state index in [1.54, 1.807) is 0 Å². The maximum absolute atomic E-state index is 5.33. The molecule has 0 aliphatic carbocycles. The molecule has 0 bridgehead atoms. The van der Waals surface area contributed by atoms with Crippen molar-refractivity contribution < 1.29 is 4.74 Å². The van der Waals surface area contributed by atoms with E-state index >= 15 is 0 Å². The van der Waals surface area contributed by atoms with Crippen LogP contribution in [0.15, 0.2) is 0 Å². The van der Waals surface area contributed by atoms with Crippen molar-refractivity contribution in [2.75, 3.05) is 38.6 Å². The van der Waals surface area contributed by atoms with E-state index in [2.05, 4.69) is 4.90 Å². The van der Waals surface area contributed by atoms with Gasteiger partial charge < -0.3 is 4.74 Å². The molecular weight excluding hydrogens is 208 g/mol. The summed E-state index contributed by atoms with van der Waals surface area (Å²) in [6.45, 7) is 5.24. The van der Waals surface area contributed by atoms with Crippen molar-refractivity contribution in [2.24, 2.45) is 5.14 Å². The normalized spacial score (nSPS) is 18.2. The van der Waals surface area contributed by atoms with Crippen LogP contribution in [0.5, 0.6) is 0 Å². The molecule has 1 aliphatic rings. The third-order valence-electron chi connectivity index (χ3n) is 2.09. The van der Waals surface area contributed by atoms with Gasteiger partial charge in [-0.25, -0.2) is 0 Å². The van der Waals surface area contributed by atoms with Gasteiger partial charge in [0.15, 0.2) is 0 Å². The van der Waals surface area contributed by atoms with Crippen LogP contribution in [0.3, 0.4) is 0 Å². The zero-order chi connectivity index (χ0) is 8.65. The molecule has 0 amide bonds. The van der Waals surface area contributed by atoms with Gasteiger partial charge in [0.2, 0.25) is 0 Å². The Kier molecular flexibility index (Phi) is 9.45. The third-order valence-corrected chi connectivity index (χ3v) is 2.61. The lowest BCUT2D eigenvalue weighted by molar-refractivity contribution is 0.0374. The number of hydrogen-bond acceptors (Lipinski definition) is 4. The third kappa shape index (κ3) is 6.57. The summed E-state index contributed by atoms with van der Waals surface area (Å²) in [7, 11) is 0. The first-order valence-electron chi connectivity index (χ1n) is 4.55. The summed E-state index contributed by atoms with van der Waals surface area (Å²) in [5.41, 5.74) is 0. The van der Waals surface area contributed by atoms with Crippen LogP contribution in [0.2, 0.25) is 0 Å². The summed E-state index contributed by atoms with van der Waals surface area (Å²) in [5.74, 6) is 1.09. The Hall–Kier alpha value is 0.520. The van der Waals surface area contributed by atoms with Crippen molar-refractivity contribution >= 4 is 24.4 Å². The Labute approximate surface area is 90.9 Å². The van der Waals surface area contributed by atoms with Gasteiger partial charge in [-0.05, 0) is 19.4 Å². The number of morpholine rings is 1. The molecule has 0 radical (unpaired) electrons. The van der Waals surface area contributed by atoms with Crippen LogP contribution in [0.1, 0.15) is 12.8 Å². The first-order valence-corrected chi connectivity index (χ1v) is 5.60. The number of halogens is 1. The summed E-state index contributed by atoms with van der Waals surface area (Å²) in [6, 6.07) is 0. The highest BCUT2D eigenvalue weighted by Gasteiger charge is 2.08. The van der Waals surface area contributed by atoms with Crippen molar-refractivity contribution in [3.63, 3.8) is 0 Å². The molecule has 0 aromatic carbocycles. The number of ether oxygens (including phenoxy) is 1. The fourth-order valence-electron chi connectivity index (χ4n) is 1.35. The van der Waals surface area contributed by atoms with Crippen molar-refractivity contribution in [1.29, 1.82) is 0 Å². The molecule has 0 spiro atoms. The van der Waals surface area contributed by atoms with Crippen LogP contribution in [0.4, 0.5) is 0 Å². The monoisotopic (exact) mass is 226 g/mol. The molecule has 1 aliphatic heterocycles. The molecule has 0 aromatic rings. The minimum Gasteiger partial charge on any atom is -0.379 e. The van der Waals surface area contributed by atoms with Crippen molar-refractivity contribution in [1.82, 2.24) is 4.90 Å². The molecule has 0 atom stereocenters. The lowest BCUT2D eigenvalue weighted by atomic mass is 10.3. The van der Waals surface area contributed by atoms with Crippen LogP contribution in [-0.4, -0.2) is 43.5 Å². The minimum atomic E-state index is 0. The topological polar surface area (TPSA) is 38.5 Å². The maximum atomic E-state index is 5.33. The van der Waals surface area contributed by atoms with E-state index in [0.717, 1.165) is 32.1 Å². The molecule has 0 aromatic heterocycles. The van der Waals surface area contributed by atoms with E-state index in [9.17, 15) is 0 Å². The van der Waals surface area contributed by atoms with Gasteiger partial charge in [0.1, 0.15) is 0 Å². The molecule has 13 heavy (non-hydrogen) atoms. The quantitative estimate of drug-likeness (QED) is 0.564. The second kappa shape index (κ2) is 9.09. The number of nitrogens with zero attached hydrogens (tertiary/aromatic N) is 1. The first kappa shape index (κ1) is 13.5. The highest BCUT2D eigenvalue weighted by atomic mass is 35.5. The Bertz CT molecular complexity index is 112. The van der Waals surface area contributed by atoms with E-state index in [1.807, 2.05) is 0 Å². The predicted molar refractivity (Wildman–Crippen MR) is 60.4 cm³/mol. The average Bonchev–Trinajstić information content (AvgIpc) is 2.14. The first-order chi connectivity index (χ1) is 5.93. The van der Waals surface area contributed by atoms with Gasteiger partial charge in [-0.1, -0.05) is 11.9 Å². The molecule has 1 saturated heterocycles. The summed E-state index contributed by atoms with van der Waals surface area (Å²) in [5, 5.41) is 5.33. The van der Waals surface area contributed by atoms with E-state index in [-0.39, 0.29) is 12.4 Å². The molecular formula is C8H19ClN2OS. The van der Waals surface area contributed by atoms with Gasteiger partial charge in [-0.2, -0.15) is 0 Å². The summed E-state index contributed by atoms with van der Waals surface area (Å²) in [6.07, 6.45) is 2.50. The smallest absolute Gasteiger partial charge is 0.0594 e. The van der Waals surface area contributed by atoms with Gasteiger partial charge in [0.05, 0.1) is 13.2 Å². The van der Waals surface area contributed by atoms with Gasteiger partial charge in [0, 0.05) is 18.8 Å². The average molecular weight is 227 g/mol. The molecule has 1 rings (SSSR count). The minimum absolute atomic E-state index is 0. The number of hydrogen-bond donors (Lipinski definition) is 1. The van der Waals surface area contributed by atoms with Crippen LogP contribution in [0.25, 0.3) is 0 Å². The highest BCUT2D eigenvalue weighted by molar-refractivity contribution is 7.97. The Morgan fingerprint density at radius 3 is 2.54 bits per heavy atom. The highest BCUT2D eigenvalue weighted by Crippen LogP contribution is 2.01. The molecule has 3 nitrogen and oxygen atoms in total. The zero-order valence-corrected chi connectivity index (χ0v) is 9.54. The maximum Gasteiger partial charge on any atom is 0.0594 e. The summed E-state index contributed by atoms with van der Waals surface area (Å²) < 4.78 is 5.26. The molecule has 5 heteroatoms. The Morgan fingerprint density at radius 2 is 1.92 bits per heavy atom. The number of nitrogens with two attached hydrogens (primary N) is 1. The number of rotatable bonds is 5. The standard InChI is InChI=1S/C8H18N2OS.ClH/c9-12-8-2-1-3-10-4-6-11-7-5-10;/h1-9H2;1H.